The third-order valence-corrected chi connectivity index (χ3v) is 4.80. The molecule has 0 bridgehead atoms. The van der Waals surface area contributed by atoms with E-state index in [1.54, 1.807) is 18.9 Å². The van der Waals surface area contributed by atoms with Crippen LogP contribution in [0.5, 0.6) is 0 Å². The molecule has 0 aromatic carbocycles. The molecule has 10 nitrogen and oxygen atoms in total. The number of anilines is 2. The van der Waals surface area contributed by atoms with Crippen LogP contribution >= 0.6 is 0 Å². The maximum Gasteiger partial charge on any atom is 0.203 e. The van der Waals surface area contributed by atoms with Gasteiger partial charge in [0.1, 0.15) is 12.7 Å². The average molecular weight is 350 g/mol. The van der Waals surface area contributed by atoms with Crippen LogP contribution in [0.4, 0.5) is 11.6 Å². The van der Waals surface area contributed by atoms with Crippen molar-refractivity contribution in [2.75, 3.05) is 36.0 Å². The van der Waals surface area contributed by atoms with Crippen LogP contribution in [0.15, 0.2) is 31.4 Å². The zero-order chi connectivity index (χ0) is 17.5. The summed E-state index contributed by atoms with van der Waals surface area (Å²) in [7, 11) is 0. The molecule has 0 saturated carbocycles. The summed E-state index contributed by atoms with van der Waals surface area (Å²) in [4.78, 5) is 22.4. The monoisotopic (exact) mass is 350 g/mol. The van der Waals surface area contributed by atoms with Crippen molar-refractivity contribution in [1.82, 2.24) is 39.1 Å². The molecule has 1 fully saturated rings. The van der Waals surface area contributed by atoms with E-state index in [0.29, 0.717) is 0 Å². The van der Waals surface area contributed by atoms with Crippen LogP contribution in [0.25, 0.3) is 16.8 Å². The predicted octanol–water partition coefficient (Wildman–Crippen LogP) is 0.610. The smallest absolute Gasteiger partial charge is 0.203 e. The summed E-state index contributed by atoms with van der Waals surface area (Å²) in [6.45, 7) is 6.26. The maximum atomic E-state index is 4.52. The minimum absolute atomic E-state index is 0.784. The molecule has 26 heavy (non-hydrogen) atoms. The minimum atomic E-state index is 0.784. The molecule has 1 aliphatic heterocycles. The fraction of sp³-hybridized carbons (Fsp3) is 0.375. The molecule has 1 saturated heterocycles. The highest BCUT2D eigenvalue weighted by Crippen LogP contribution is 2.24. The van der Waals surface area contributed by atoms with E-state index in [-0.39, 0.29) is 0 Å². The zero-order valence-corrected chi connectivity index (χ0v) is 14.4. The molecule has 0 aliphatic carbocycles. The number of imidazole rings is 1. The first-order chi connectivity index (χ1) is 12.8. The number of hydrogen-bond donors (Lipinski definition) is 0. The normalized spacial score (nSPS) is 15.3. The molecule has 0 unspecified atom stereocenters. The second-order valence-corrected chi connectivity index (χ2v) is 6.19. The van der Waals surface area contributed by atoms with Crippen molar-refractivity contribution in [2.45, 2.75) is 13.5 Å². The number of aromatic nitrogens is 8. The molecule has 10 heteroatoms. The number of piperazine rings is 1. The second kappa shape index (κ2) is 5.90. The Hall–Kier alpha value is -3.30. The van der Waals surface area contributed by atoms with Gasteiger partial charge in [-0.15, -0.1) is 10.2 Å². The van der Waals surface area contributed by atoms with E-state index in [9.17, 15) is 0 Å². The Morgan fingerprint density at radius 3 is 2.50 bits per heavy atom. The van der Waals surface area contributed by atoms with E-state index in [1.807, 2.05) is 21.5 Å². The molecule has 0 spiro atoms. The molecule has 0 N–H and O–H groups in total. The van der Waals surface area contributed by atoms with Crippen molar-refractivity contribution in [3.8, 4) is 0 Å². The van der Waals surface area contributed by atoms with Crippen LogP contribution in [-0.4, -0.2) is 65.3 Å². The van der Waals surface area contributed by atoms with Crippen LogP contribution in [0, 0.1) is 0 Å². The van der Waals surface area contributed by atoms with E-state index >= 15 is 0 Å². The predicted molar refractivity (Wildman–Crippen MR) is 96.2 cm³/mol. The molecule has 0 amide bonds. The summed E-state index contributed by atoms with van der Waals surface area (Å²) in [5.41, 5.74) is 2.53. The van der Waals surface area contributed by atoms with Crippen molar-refractivity contribution in [2.24, 2.45) is 0 Å². The Morgan fingerprint density at radius 2 is 1.69 bits per heavy atom. The second-order valence-electron chi connectivity index (χ2n) is 6.19. The first-order valence-electron chi connectivity index (χ1n) is 8.65. The summed E-state index contributed by atoms with van der Waals surface area (Å²) in [6, 6.07) is 0. The van der Waals surface area contributed by atoms with Crippen LogP contribution in [0.1, 0.15) is 6.92 Å². The van der Waals surface area contributed by atoms with Gasteiger partial charge in [-0.3, -0.25) is 4.40 Å². The Kier molecular flexibility index (Phi) is 3.40. The summed E-state index contributed by atoms with van der Waals surface area (Å²) in [6.07, 6.45) is 8.78. The Morgan fingerprint density at radius 1 is 0.885 bits per heavy atom. The lowest BCUT2D eigenvalue weighted by Crippen LogP contribution is -2.47. The van der Waals surface area contributed by atoms with Gasteiger partial charge in [0.2, 0.25) is 5.65 Å². The number of fused-ring (bicyclic) bond motifs is 2. The van der Waals surface area contributed by atoms with Gasteiger partial charge in [-0.2, -0.15) is 0 Å². The molecule has 5 rings (SSSR count). The fourth-order valence-corrected chi connectivity index (χ4v) is 3.43. The number of rotatable bonds is 3. The third-order valence-electron chi connectivity index (χ3n) is 4.80. The van der Waals surface area contributed by atoms with Gasteiger partial charge in [0, 0.05) is 45.1 Å². The number of aryl methyl sites for hydroxylation is 1. The summed E-state index contributed by atoms with van der Waals surface area (Å²) < 4.78 is 3.92. The Labute approximate surface area is 149 Å². The van der Waals surface area contributed by atoms with E-state index in [1.165, 1.54) is 0 Å². The van der Waals surface area contributed by atoms with Gasteiger partial charge in [-0.25, -0.2) is 19.9 Å². The van der Waals surface area contributed by atoms with Crippen molar-refractivity contribution in [3.05, 3.63) is 31.4 Å². The van der Waals surface area contributed by atoms with Gasteiger partial charge in [0.25, 0.3) is 0 Å². The van der Waals surface area contributed by atoms with Crippen LogP contribution in [0.2, 0.25) is 0 Å². The van der Waals surface area contributed by atoms with Crippen molar-refractivity contribution in [3.63, 3.8) is 0 Å². The van der Waals surface area contributed by atoms with E-state index < -0.39 is 0 Å². The quantitative estimate of drug-likeness (QED) is 0.531. The highest BCUT2D eigenvalue weighted by Gasteiger charge is 2.23. The van der Waals surface area contributed by atoms with Gasteiger partial charge in [-0.05, 0) is 6.92 Å². The van der Waals surface area contributed by atoms with Gasteiger partial charge in [0.15, 0.2) is 22.8 Å². The maximum absolute atomic E-state index is 4.52. The average Bonchev–Trinajstić information content (AvgIpc) is 3.34. The largest absolute Gasteiger partial charge is 0.351 e. The molecule has 4 aromatic heterocycles. The highest BCUT2D eigenvalue weighted by molar-refractivity contribution is 5.83. The molecule has 1 aliphatic rings. The molecule has 132 valence electrons. The lowest BCUT2D eigenvalue weighted by molar-refractivity contribution is 0.642. The SMILES string of the molecule is CCn1cnc2c(N3CCN(c4nccn5cnnc45)CC3)ncnc21. The standard InChI is InChI=1S/C16H18N10/c1-2-23-10-20-12-13(23)18-9-19-14(12)24-5-7-25(8-6-24)15-16-22-21-11-26(16)4-3-17-15/h3-4,9-11H,2,5-8H2,1H3. The van der Waals surface area contributed by atoms with Crippen LogP contribution in [-0.2, 0) is 6.54 Å². The molecule has 5 heterocycles. The molecular formula is C16H18N10. The van der Waals surface area contributed by atoms with Gasteiger partial charge in [0.05, 0.1) is 6.33 Å². The minimum Gasteiger partial charge on any atom is -0.351 e. The van der Waals surface area contributed by atoms with Gasteiger partial charge >= 0.3 is 0 Å². The van der Waals surface area contributed by atoms with Gasteiger partial charge < -0.3 is 14.4 Å². The highest BCUT2D eigenvalue weighted by atomic mass is 15.3. The molecular weight excluding hydrogens is 332 g/mol. The molecule has 0 atom stereocenters. The fourth-order valence-electron chi connectivity index (χ4n) is 3.43. The summed E-state index contributed by atoms with van der Waals surface area (Å²) >= 11 is 0. The molecule has 4 aromatic rings. The van der Waals surface area contributed by atoms with Crippen LogP contribution < -0.4 is 9.80 Å². The van der Waals surface area contributed by atoms with E-state index in [4.69, 9.17) is 0 Å². The Balaban J connectivity index is 1.41. The van der Waals surface area contributed by atoms with E-state index in [0.717, 1.165) is 61.2 Å². The summed E-state index contributed by atoms with van der Waals surface area (Å²) in [5, 5.41) is 8.16. The van der Waals surface area contributed by atoms with Crippen molar-refractivity contribution < 1.29 is 0 Å². The van der Waals surface area contributed by atoms with Gasteiger partial charge in [-0.1, -0.05) is 0 Å². The van der Waals surface area contributed by atoms with Crippen molar-refractivity contribution in [1.29, 1.82) is 0 Å². The third kappa shape index (κ3) is 2.25. The molecule has 0 radical (unpaired) electrons. The first-order valence-corrected chi connectivity index (χ1v) is 8.65. The van der Waals surface area contributed by atoms with Crippen LogP contribution in [0.3, 0.4) is 0 Å². The zero-order valence-electron chi connectivity index (χ0n) is 14.4. The number of hydrogen-bond acceptors (Lipinski definition) is 8. The lowest BCUT2D eigenvalue weighted by Gasteiger charge is -2.35. The lowest BCUT2D eigenvalue weighted by atomic mass is 10.3. The summed E-state index contributed by atoms with van der Waals surface area (Å²) in [5.74, 6) is 1.77. The van der Waals surface area contributed by atoms with Crippen molar-refractivity contribution >= 4 is 28.4 Å². The Bertz CT molecular complexity index is 1060. The van der Waals surface area contributed by atoms with E-state index in [2.05, 4.69) is 46.9 Å². The first kappa shape index (κ1) is 15.0. The number of nitrogens with zero attached hydrogens (tertiary/aromatic N) is 10. The topological polar surface area (TPSA) is 93.2 Å².